The Hall–Kier alpha value is -2.53. The third-order valence-corrected chi connectivity index (χ3v) is 3.80. The lowest BCUT2D eigenvalue weighted by Crippen LogP contribution is -2.22. The van der Waals surface area contributed by atoms with Crippen molar-refractivity contribution in [1.82, 2.24) is 0 Å². The number of hydrogen-bond donors (Lipinski definition) is 0. The standard InChI is InChI=1S/C18H15ClO5/c19-14-5-7-15(8-6-14)23-11-12-1-3-13(4-2-12)17(20)24-16-9-10-22-18(16)21/h1-8,16H,9-11H2/t16-/m0/s1. The fourth-order valence-corrected chi connectivity index (χ4v) is 2.34. The molecular formula is C18H15ClO5. The molecule has 0 radical (unpaired) electrons. The molecule has 1 aliphatic rings. The molecule has 1 atom stereocenters. The Morgan fingerprint density at radius 2 is 1.83 bits per heavy atom. The van der Waals surface area contributed by atoms with E-state index in [9.17, 15) is 9.59 Å². The van der Waals surface area contributed by atoms with E-state index < -0.39 is 18.0 Å². The summed E-state index contributed by atoms with van der Waals surface area (Å²) in [5, 5.41) is 0.649. The maximum absolute atomic E-state index is 12.0. The van der Waals surface area contributed by atoms with Gasteiger partial charge in [0.25, 0.3) is 0 Å². The van der Waals surface area contributed by atoms with Gasteiger partial charge in [-0.3, -0.25) is 0 Å². The van der Waals surface area contributed by atoms with E-state index >= 15 is 0 Å². The van der Waals surface area contributed by atoms with Gasteiger partial charge in [0.1, 0.15) is 12.4 Å². The minimum Gasteiger partial charge on any atom is -0.489 e. The quantitative estimate of drug-likeness (QED) is 0.776. The number of carbonyl (C=O) groups is 2. The van der Waals surface area contributed by atoms with Crippen molar-refractivity contribution in [3.63, 3.8) is 0 Å². The molecule has 1 aliphatic heterocycles. The van der Waals surface area contributed by atoms with E-state index in [-0.39, 0.29) is 6.61 Å². The molecule has 1 fully saturated rings. The van der Waals surface area contributed by atoms with Gasteiger partial charge in [-0.15, -0.1) is 0 Å². The molecule has 2 aromatic rings. The first-order valence-electron chi connectivity index (χ1n) is 7.47. The molecule has 5 nitrogen and oxygen atoms in total. The van der Waals surface area contributed by atoms with Crippen LogP contribution in [0.3, 0.4) is 0 Å². The molecule has 1 saturated heterocycles. The summed E-state index contributed by atoms with van der Waals surface area (Å²) in [4.78, 5) is 23.3. The summed E-state index contributed by atoms with van der Waals surface area (Å²) in [5.74, 6) is -0.317. The summed E-state index contributed by atoms with van der Waals surface area (Å²) in [6.07, 6.45) is -0.400. The van der Waals surface area contributed by atoms with E-state index in [1.165, 1.54) is 0 Å². The van der Waals surface area contributed by atoms with Crippen molar-refractivity contribution in [3.8, 4) is 5.75 Å². The summed E-state index contributed by atoms with van der Waals surface area (Å²) >= 11 is 5.82. The molecule has 3 rings (SSSR count). The van der Waals surface area contributed by atoms with Crippen LogP contribution >= 0.6 is 11.6 Å². The normalized spacial score (nSPS) is 16.5. The van der Waals surface area contributed by atoms with Crippen molar-refractivity contribution in [3.05, 3.63) is 64.7 Å². The Balaban J connectivity index is 1.55. The highest BCUT2D eigenvalue weighted by Crippen LogP contribution is 2.18. The van der Waals surface area contributed by atoms with E-state index in [4.69, 9.17) is 25.8 Å². The van der Waals surface area contributed by atoms with Crippen LogP contribution in [-0.4, -0.2) is 24.6 Å². The SMILES string of the molecule is O=C(O[C@H]1CCOC1=O)c1ccc(COc2ccc(Cl)cc2)cc1. The van der Waals surface area contributed by atoms with Crippen LogP contribution in [-0.2, 0) is 20.9 Å². The zero-order chi connectivity index (χ0) is 16.9. The van der Waals surface area contributed by atoms with Crippen LogP contribution in [0.4, 0.5) is 0 Å². The van der Waals surface area contributed by atoms with Gasteiger partial charge in [0.2, 0.25) is 6.10 Å². The molecule has 124 valence electrons. The first kappa shape index (κ1) is 16.3. The maximum Gasteiger partial charge on any atom is 0.347 e. The predicted octanol–water partition coefficient (Wildman–Crippen LogP) is 3.39. The van der Waals surface area contributed by atoms with Crippen molar-refractivity contribution in [2.75, 3.05) is 6.61 Å². The lowest BCUT2D eigenvalue weighted by Gasteiger charge is -2.09. The average molecular weight is 347 g/mol. The minimum atomic E-state index is -0.801. The second kappa shape index (κ2) is 7.36. The van der Waals surface area contributed by atoms with Gasteiger partial charge in [0.15, 0.2) is 0 Å². The van der Waals surface area contributed by atoms with Gasteiger partial charge in [-0.05, 0) is 42.0 Å². The van der Waals surface area contributed by atoms with Gasteiger partial charge in [-0.25, -0.2) is 9.59 Å². The van der Waals surface area contributed by atoms with Crippen molar-refractivity contribution in [2.24, 2.45) is 0 Å². The van der Waals surface area contributed by atoms with Gasteiger partial charge in [0.05, 0.1) is 12.2 Å². The van der Waals surface area contributed by atoms with Crippen molar-refractivity contribution < 1.29 is 23.8 Å². The number of ether oxygens (including phenoxy) is 3. The van der Waals surface area contributed by atoms with Crippen molar-refractivity contribution in [2.45, 2.75) is 19.1 Å². The highest BCUT2D eigenvalue weighted by molar-refractivity contribution is 6.30. The van der Waals surface area contributed by atoms with Crippen LogP contribution in [0.15, 0.2) is 48.5 Å². The fraction of sp³-hybridized carbons (Fsp3) is 0.222. The van der Waals surface area contributed by atoms with Crippen LogP contribution in [0.1, 0.15) is 22.3 Å². The molecular weight excluding hydrogens is 332 g/mol. The third-order valence-electron chi connectivity index (χ3n) is 3.55. The van der Waals surface area contributed by atoms with Crippen LogP contribution in [0.5, 0.6) is 5.75 Å². The summed E-state index contributed by atoms with van der Waals surface area (Å²) in [6, 6.07) is 13.9. The average Bonchev–Trinajstić information content (AvgIpc) is 3.00. The molecule has 0 aliphatic carbocycles. The van der Waals surface area contributed by atoms with Gasteiger partial charge < -0.3 is 14.2 Å². The van der Waals surface area contributed by atoms with Crippen molar-refractivity contribution in [1.29, 1.82) is 0 Å². The number of carbonyl (C=O) groups excluding carboxylic acids is 2. The molecule has 0 spiro atoms. The van der Waals surface area contributed by atoms with E-state index in [0.717, 1.165) is 5.56 Å². The van der Waals surface area contributed by atoms with Gasteiger partial charge in [-0.2, -0.15) is 0 Å². The van der Waals surface area contributed by atoms with Crippen LogP contribution in [0.2, 0.25) is 5.02 Å². The van der Waals surface area contributed by atoms with Crippen LogP contribution in [0, 0.1) is 0 Å². The van der Waals surface area contributed by atoms with Crippen LogP contribution < -0.4 is 4.74 Å². The maximum atomic E-state index is 12.0. The molecule has 24 heavy (non-hydrogen) atoms. The number of halogens is 1. The Bertz CT molecular complexity index is 724. The second-order valence-corrected chi connectivity index (χ2v) is 5.73. The van der Waals surface area contributed by atoms with Gasteiger partial charge in [-0.1, -0.05) is 23.7 Å². The van der Waals surface area contributed by atoms with Crippen LogP contribution in [0.25, 0.3) is 0 Å². The number of cyclic esters (lactones) is 1. The highest BCUT2D eigenvalue weighted by atomic mass is 35.5. The van der Waals surface area contributed by atoms with Gasteiger partial charge >= 0.3 is 11.9 Å². The first-order chi connectivity index (χ1) is 11.6. The molecule has 0 N–H and O–H groups in total. The first-order valence-corrected chi connectivity index (χ1v) is 7.84. The summed E-state index contributed by atoms with van der Waals surface area (Å²) in [7, 11) is 0. The summed E-state index contributed by atoms with van der Waals surface area (Å²) in [6.45, 7) is 0.656. The fourth-order valence-electron chi connectivity index (χ4n) is 2.22. The lowest BCUT2D eigenvalue weighted by molar-refractivity contribution is -0.145. The topological polar surface area (TPSA) is 61.8 Å². The molecule has 0 bridgehead atoms. The van der Waals surface area contributed by atoms with Gasteiger partial charge in [0, 0.05) is 11.4 Å². The number of rotatable bonds is 5. The second-order valence-electron chi connectivity index (χ2n) is 5.29. The Kier molecular flexibility index (Phi) is 5.01. The van der Waals surface area contributed by atoms with Crippen molar-refractivity contribution >= 4 is 23.5 Å². The van der Waals surface area contributed by atoms with E-state index in [0.29, 0.717) is 29.4 Å². The zero-order valence-corrected chi connectivity index (χ0v) is 13.5. The largest absolute Gasteiger partial charge is 0.489 e. The minimum absolute atomic E-state index is 0.289. The third kappa shape index (κ3) is 4.06. The number of benzene rings is 2. The smallest absolute Gasteiger partial charge is 0.347 e. The molecule has 0 amide bonds. The summed E-state index contributed by atoms with van der Waals surface area (Å²) in [5.41, 5.74) is 1.28. The molecule has 2 aromatic carbocycles. The Morgan fingerprint density at radius 3 is 2.46 bits per heavy atom. The Morgan fingerprint density at radius 1 is 1.12 bits per heavy atom. The zero-order valence-electron chi connectivity index (χ0n) is 12.7. The Labute approximate surface area is 144 Å². The molecule has 0 aromatic heterocycles. The van der Waals surface area contributed by atoms with E-state index in [1.807, 2.05) is 0 Å². The highest BCUT2D eigenvalue weighted by Gasteiger charge is 2.30. The number of esters is 2. The lowest BCUT2D eigenvalue weighted by atomic mass is 10.1. The molecule has 6 heteroatoms. The monoisotopic (exact) mass is 346 g/mol. The molecule has 0 saturated carbocycles. The number of hydrogen-bond acceptors (Lipinski definition) is 5. The molecule has 0 unspecified atom stereocenters. The summed E-state index contributed by atoms with van der Waals surface area (Å²) < 4.78 is 15.5. The predicted molar refractivity (Wildman–Crippen MR) is 87.0 cm³/mol. The molecule has 1 heterocycles. The van der Waals surface area contributed by atoms with E-state index in [1.54, 1.807) is 48.5 Å². The van der Waals surface area contributed by atoms with E-state index in [2.05, 4.69) is 0 Å².